The highest BCUT2D eigenvalue weighted by atomic mass is 32.2. The van der Waals surface area contributed by atoms with Gasteiger partial charge in [0, 0.05) is 29.7 Å². The number of benzene rings is 2. The summed E-state index contributed by atoms with van der Waals surface area (Å²) in [6.07, 6.45) is 2.99. The Hall–Kier alpha value is -4.12. The van der Waals surface area contributed by atoms with Crippen LogP contribution < -0.4 is 20.3 Å². The minimum absolute atomic E-state index is 0.0161. The van der Waals surface area contributed by atoms with Crippen molar-refractivity contribution in [3.8, 4) is 28.4 Å². The van der Waals surface area contributed by atoms with E-state index in [0.29, 0.717) is 28.9 Å². The van der Waals surface area contributed by atoms with Gasteiger partial charge in [0.15, 0.2) is 16.7 Å². The van der Waals surface area contributed by atoms with Gasteiger partial charge in [0.2, 0.25) is 0 Å². The third kappa shape index (κ3) is 3.90. The monoisotopic (exact) mass is 476 g/mol. The summed E-state index contributed by atoms with van der Waals surface area (Å²) in [6.45, 7) is 0.557. The Kier molecular flexibility index (Phi) is 5.76. The quantitative estimate of drug-likeness (QED) is 0.423. The van der Waals surface area contributed by atoms with Gasteiger partial charge in [-0.05, 0) is 42.5 Å². The van der Waals surface area contributed by atoms with Crippen molar-refractivity contribution >= 4 is 23.4 Å². The lowest BCUT2D eigenvalue weighted by Crippen LogP contribution is -2.29. The fraction of sp³-hybridized carbons (Fsp3) is 0.174. The van der Waals surface area contributed by atoms with E-state index in [2.05, 4.69) is 20.6 Å². The van der Waals surface area contributed by atoms with E-state index in [-0.39, 0.29) is 11.1 Å². The number of nitrogens with zero attached hydrogens (tertiary/aromatic N) is 5. The van der Waals surface area contributed by atoms with Crippen LogP contribution in [0.4, 0.5) is 5.69 Å². The Labute approximate surface area is 198 Å². The van der Waals surface area contributed by atoms with E-state index < -0.39 is 5.91 Å². The Balaban J connectivity index is 1.38. The number of ether oxygens (including phenoxy) is 2. The van der Waals surface area contributed by atoms with Crippen LogP contribution in [-0.4, -0.2) is 50.4 Å². The number of hydrogen-bond acceptors (Lipinski definition) is 8. The highest BCUT2D eigenvalue weighted by Gasteiger charge is 2.20. The van der Waals surface area contributed by atoms with Crippen molar-refractivity contribution < 1.29 is 14.3 Å². The second-order valence-corrected chi connectivity index (χ2v) is 8.42. The van der Waals surface area contributed by atoms with Gasteiger partial charge in [-0.2, -0.15) is 0 Å². The average Bonchev–Trinajstić information content (AvgIpc) is 3.54. The molecule has 3 heterocycles. The van der Waals surface area contributed by atoms with Gasteiger partial charge >= 0.3 is 0 Å². The van der Waals surface area contributed by atoms with Gasteiger partial charge < -0.3 is 14.8 Å². The molecular formula is C23H20N6O4S. The number of fused-ring (bicyclic) bond motifs is 1. The first kappa shape index (κ1) is 21.7. The van der Waals surface area contributed by atoms with Crippen LogP contribution in [0, 0.1) is 0 Å². The van der Waals surface area contributed by atoms with Crippen molar-refractivity contribution in [2.75, 3.05) is 25.3 Å². The van der Waals surface area contributed by atoms with Gasteiger partial charge in [-0.3, -0.25) is 14.2 Å². The summed E-state index contributed by atoms with van der Waals surface area (Å²) in [4.78, 5) is 29.5. The molecule has 5 rings (SSSR count). The van der Waals surface area contributed by atoms with Gasteiger partial charge in [-0.25, -0.2) is 9.67 Å². The highest BCUT2D eigenvalue weighted by molar-refractivity contribution is 7.99. The number of carbonyl (C=O) groups is 1. The maximum atomic E-state index is 12.7. The molecule has 2 aromatic carbocycles. The number of anilines is 1. The van der Waals surface area contributed by atoms with Crippen molar-refractivity contribution in [3.63, 3.8) is 0 Å². The first-order valence-electron chi connectivity index (χ1n) is 10.4. The maximum Gasteiger partial charge on any atom is 0.267 e. The molecule has 0 saturated heterocycles. The highest BCUT2D eigenvalue weighted by Crippen LogP contribution is 2.32. The molecule has 11 heteroatoms. The molecule has 0 bridgehead atoms. The Bertz CT molecular complexity index is 1430. The van der Waals surface area contributed by atoms with Crippen LogP contribution in [0.2, 0.25) is 0 Å². The van der Waals surface area contributed by atoms with Crippen LogP contribution in [0.5, 0.6) is 11.5 Å². The third-order valence-corrected chi connectivity index (χ3v) is 6.37. The molecule has 0 radical (unpaired) electrons. The zero-order valence-corrected chi connectivity index (χ0v) is 19.2. The summed E-state index contributed by atoms with van der Waals surface area (Å²) in [5.74, 6) is 1.51. The van der Waals surface area contributed by atoms with Gasteiger partial charge in [0.25, 0.3) is 11.5 Å². The van der Waals surface area contributed by atoms with Crippen molar-refractivity contribution in [2.24, 2.45) is 0 Å². The second-order valence-electron chi connectivity index (χ2n) is 7.36. The molecule has 0 saturated carbocycles. The SMILES string of the molecule is COc1ccc(-c2cnnn2-c2ccc(NC(=O)c3cnc4n(c3=O)CCS4)cc2)cc1OC. The van der Waals surface area contributed by atoms with E-state index >= 15 is 0 Å². The number of nitrogens with one attached hydrogen (secondary N) is 1. The zero-order valence-electron chi connectivity index (χ0n) is 18.4. The van der Waals surface area contributed by atoms with Crippen molar-refractivity contribution in [1.82, 2.24) is 24.5 Å². The lowest BCUT2D eigenvalue weighted by Gasteiger charge is -2.11. The fourth-order valence-electron chi connectivity index (χ4n) is 3.68. The van der Waals surface area contributed by atoms with E-state index in [4.69, 9.17) is 9.47 Å². The summed E-state index contributed by atoms with van der Waals surface area (Å²) in [5, 5.41) is 11.6. The normalized spacial score (nSPS) is 12.3. The molecule has 2 aromatic heterocycles. The van der Waals surface area contributed by atoms with Crippen LogP contribution >= 0.6 is 11.8 Å². The Morgan fingerprint density at radius 3 is 2.62 bits per heavy atom. The maximum absolute atomic E-state index is 12.7. The van der Waals surface area contributed by atoms with Gasteiger partial charge in [-0.15, -0.1) is 5.10 Å². The van der Waals surface area contributed by atoms with E-state index in [1.807, 2.05) is 18.2 Å². The average molecular weight is 477 g/mol. The molecule has 0 atom stereocenters. The molecule has 1 aliphatic rings. The number of rotatable bonds is 6. The van der Waals surface area contributed by atoms with Crippen molar-refractivity contribution in [2.45, 2.75) is 11.7 Å². The smallest absolute Gasteiger partial charge is 0.267 e. The van der Waals surface area contributed by atoms with Crippen LogP contribution in [0.15, 0.2) is 64.8 Å². The molecule has 1 amide bonds. The van der Waals surface area contributed by atoms with Crippen LogP contribution in [-0.2, 0) is 6.54 Å². The topological polar surface area (TPSA) is 113 Å². The molecule has 1 N–H and O–H groups in total. The minimum Gasteiger partial charge on any atom is -0.493 e. The van der Waals surface area contributed by atoms with E-state index in [1.54, 1.807) is 49.4 Å². The number of amides is 1. The van der Waals surface area contributed by atoms with Crippen LogP contribution in [0.25, 0.3) is 16.9 Å². The molecule has 172 valence electrons. The predicted octanol–water partition coefficient (Wildman–Crippen LogP) is 2.87. The molecule has 0 spiro atoms. The van der Waals surface area contributed by atoms with E-state index in [1.165, 1.54) is 22.5 Å². The standard InChI is InChI=1S/C23H20N6O4S/c1-32-19-8-3-14(11-20(19)33-2)18-13-25-27-29(18)16-6-4-15(5-7-16)26-21(30)17-12-24-23-28(22(17)31)9-10-34-23/h3-8,11-13H,9-10H2,1-2H3,(H,26,30). The number of methoxy groups -OCH3 is 2. The van der Waals surface area contributed by atoms with Crippen LogP contribution in [0.3, 0.4) is 0 Å². The molecule has 0 aliphatic carbocycles. The summed E-state index contributed by atoms with van der Waals surface area (Å²) in [6, 6.07) is 12.7. The van der Waals surface area contributed by atoms with Crippen molar-refractivity contribution in [3.05, 3.63) is 70.8 Å². The summed E-state index contributed by atoms with van der Waals surface area (Å²) >= 11 is 1.50. The summed E-state index contributed by atoms with van der Waals surface area (Å²) in [7, 11) is 3.16. The van der Waals surface area contributed by atoms with E-state index in [9.17, 15) is 9.59 Å². The van der Waals surface area contributed by atoms with Crippen LogP contribution in [0.1, 0.15) is 10.4 Å². The predicted molar refractivity (Wildman–Crippen MR) is 127 cm³/mol. The van der Waals surface area contributed by atoms with E-state index in [0.717, 1.165) is 22.7 Å². The second kappa shape index (κ2) is 9.02. The third-order valence-electron chi connectivity index (χ3n) is 5.40. The molecule has 1 aliphatic heterocycles. The molecule has 0 fully saturated rings. The van der Waals surface area contributed by atoms with Crippen molar-refractivity contribution in [1.29, 1.82) is 0 Å². The first-order chi connectivity index (χ1) is 16.6. The Morgan fingerprint density at radius 2 is 1.85 bits per heavy atom. The van der Waals surface area contributed by atoms with Gasteiger partial charge in [0.1, 0.15) is 5.56 Å². The lowest BCUT2D eigenvalue weighted by atomic mass is 10.1. The summed E-state index contributed by atoms with van der Waals surface area (Å²) < 4.78 is 13.9. The number of carbonyl (C=O) groups excluding carboxylic acids is 1. The number of thioether (sulfide) groups is 1. The lowest BCUT2D eigenvalue weighted by molar-refractivity contribution is 0.102. The molecule has 0 unspecified atom stereocenters. The number of hydrogen-bond donors (Lipinski definition) is 1. The largest absolute Gasteiger partial charge is 0.493 e. The summed E-state index contributed by atoms with van der Waals surface area (Å²) in [5.41, 5.74) is 2.58. The Morgan fingerprint density at radius 1 is 1.06 bits per heavy atom. The molecule has 34 heavy (non-hydrogen) atoms. The molecular weight excluding hydrogens is 456 g/mol. The zero-order chi connectivity index (χ0) is 23.7. The minimum atomic E-state index is -0.496. The van der Waals surface area contributed by atoms with Gasteiger partial charge in [0.05, 0.1) is 31.8 Å². The first-order valence-corrected chi connectivity index (χ1v) is 11.3. The fourth-order valence-corrected chi connectivity index (χ4v) is 4.59. The number of aromatic nitrogens is 5. The molecule has 10 nitrogen and oxygen atoms in total. The molecule has 4 aromatic rings. The van der Waals surface area contributed by atoms with Gasteiger partial charge in [-0.1, -0.05) is 17.0 Å².